The van der Waals surface area contributed by atoms with Crippen molar-refractivity contribution in [1.29, 1.82) is 0 Å². The highest BCUT2D eigenvalue weighted by Crippen LogP contribution is 2.37. The second-order valence-corrected chi connectivity index (χ2v) is 7.29. The topological polar surface area (TPSA) is 3.24 Å². The average molecular weight is 475 g/mol. The van der Waals surface area contributed by atoms with Crippen LogP contribution in [0.3, 0.4) is 0 Å². The zero-order chi connectivity index (χ0) is 24.3. The van der Waals surface area contributed by atoms with Crippen molar-refractivity contribution in [2.75, 3.05) is 6.54 Å². The van der Waals surface area contributed by atoms with Gasteiger partial charge in [-0.1, -0.05) is 13.0 Å². The first-order valence-electron chi connectivity index (χ1n) is 9.40. The number of rotatable bonds is 7. The minimum absolute atomic E-state index is 0.00793. The lowest BCUT2D eigenvalue weighted by atomic mass is 10.0. The summed E-state index contributed by atoms with van der Waals surface area (Å²) in [7, 11) is 0. The molecular formula is C21H19F10N. The molecule has 0 saturated carbocycles. The Hall–Kier alpha value is -2.30. The molecule has 0 radical (unpaired) electrons. The van der Waals surface area contributed by atoms with Crippen molar-refractivity contribution in [3.63, 3.8) is 0 Å². The molecule has 178 valence electrons. The van der Waals surface area contributed by atoms with E-state index in [9.17, 15) is 43.9 Å². The lowest BCUT2D eigenvalue weighted by molar-refractivity contribution is -0.143. The molecule has 32 heavy (non-hydrogen) atoms. The van der Waals surface area contributed by atoms with Crippen molar-refractivity contribution in [3.8, 4) is 0 Å². The van der Waals surface area contributed by atoms with Crippen molar-refractivity contribution in [3.05, 3.63) is 69.8 Å². The molecule has 1 nitrogen and oxygen atoms in total. The summed E-state index contributed by atoms with van der Waals surface area (Å²) < 4.78 is 131. The zero-order valence-corrected chi connectivity index (χ0v) is 16.7. The summed E-state index contributed by atoms with van der Waals surface area (Å²) in [4.78, 5) is 1.41. The predicted octanol–water partition coefficient (Wildman–Crippen LogP) is 7.62. The summed E-state index contributed by atoms with van der Waals surface area (Å²) in [5.74, 6) is 0. The van der Waals surface area contributed by atoms with Crippen LogP contribution in [0.2, 0.25) is 0 Å². The Morgan fingerprint density at radius 2 is 0.969 bits per heavy atom. The van der Waals surface area contributed by atoms with Crippen molar-refractivity contribution >= 4 is 0 Å². The van der Waals surface area contributed by atoms with Crippen LogP contribution in [0, 0.1) is 0 Å². The molecule has 0 amide bonds. The maximum absolute atomic E-state index is 13.1. The van der Waals surface area contributed by atoms with Gasteiger partial charge in [-0.25, -0.2) is 4.39 Å². The molecule has 0 aromatic heterocycles. The van der Waals surface area contributed by atoms with E-state index in [2.05, 4.69) is 0 Å². The Morgan fingerprint density at radius 3 is 1.34 bits per heavy atom. The summed E-state index contributed by atoms with van der Waals surface area (Å²) in [6.45, 7) is 0.121. The van der Waals surface area contributed by atoms with Gasteiger partial charge in [-0.2, -0.15) is 39.5 Å². The number of nitrogens with zero attached hydrogens (tertiary/aromatic N) is 1. The second kappa shape index (κ2) is 9.68. The standard InChI is InChI=1S/C21H19F10N/c1-2-3-32(11-14-4-13(10-22)5-16(6-14)19(23,24)25)12-15-7-17(20(26,27)28)9-18(8-15)21(29,30)31/h4-9H,2-3,10-12H2,1H3. The van der Waals surface area contributed by atoms with E-state index >= 15 is 0 Å². The molecule has 0 aliphatic rings. The van der Waals surface area contributed by atoms with E-state index in [0.29, 0.717) is 24.6 Å². The Kier molecular flexibility index (Phi) is 7.85. The number of halogens is 10. The summed E-state index contributed by atoms with van der Waals surface area (Å²) in [5.41, 5.74) is -4.51. The van der Waals surface area contributed by atoms with Crippen LogP contribution in [0.15, 0.2) is 36.4 Å². The van der Waals surface area contributed by atoms with Crippen LogP contribution in [-0.2, 0) is 38.3 Å². The van der Waals surface area contributed by atoms with Crippen LogP contribution in [0.1, 0.15) is 46.7 Å². The van der Waals surface area contributed by atoms with Gasteiger partial charge in [0, 0.05) is 13.1 Å². The zero-order valence-electron chi connectivity index (χ0n) is 16.7. The van der Waals surface area contributed by atoms with E-state index in [4.69, 9.17) is 0 Å². The number of hydrogen-bond acceptors (Lipinski definition) is 1. The van der Waals surface area contributed by atoms with Gasteiger partial charge in [0.1, 0.15) is 6.67 Å². The summed E-state index contributed by atoms with van der Waals surface area (Å²) in [6, 6.07) is 3.79. The van der Waals surface area contributed by atoms with E-state index in [0.717, 1.165) is 6.07 Å². The largest absolute Gasteiger partial charge is 0.416 e. The van der Waals surface area contributed by atoms with Gasteiger partial charge in [0.2, 0.25) is 0 Å². The molecule has 0 aliphatic heterocycles. The lowest BCUT2D eigenvalue weighted by Gasteiger charge is -2.24. The quantitative estimate of drug-likeness (QED) is 0.373. The summed E-state index contributed by atoms with van der Waals surface area (Å²) in [6.07, 6.45) is -14.3. The molecular weight excluding hydrogens is 456 g/mol. The maximum atomic E-state index is 13.1. The highest BCUT2D eigenvalue weighted by molar-refractivity contribution is 5.34. The van der Waals surface area contributed by atoms with Gasteiger partial charge in [-0.05, 0) is 60.0 Å². The van der Waals surface area contributed by atoms with Gasteiger partial charge in [0.05, 0.1) is 16.7 Å². The van der Waals surface area contributed by atoms with Crippen LogP contribution in [0.4, 0.5) is 43.9 Å². The molecule has 2 aromatic rings. The van der Waals surface area contributed by atoms with E-state index in [-0.39, 0.29) is 42.4 Å². The summed E-state index contributed by atoms with van der Waals surface area (Å²) >= 11 is 0. The predicted molar refractivity (Wildman–Crippen MR) is 97.1 cm³/mol. The van der Waals surface area contributed by atoms with Gasteiger partial charge < -0.3 is 0 Å². The molecule has 0 N–H and O–H groups in total. The molecule has 2 rings (SSSR count). The Balaban J connectivity index is 2.41. The first kappa shape index (κ1) is 26.0. The smallest absolute Gasteiger partial charge is 0.295 e. The third-order valence-corrected chi connectivity index (χ3v) is 4.53. The molecule has 0 bridgehead atoms. The lowest BCUT2D eigenvalue weighted by Crippen LogP contribution is -2.25. The van der Waals surface area contributed by atoms with Crippen molar-refractivity contribution in [1.82, 2.24) is 4.90 Å². The van der Waals surface area contributed by atoms with E-state index in [1.165, 1.54) is 11.0 Å². The number of alkyl halides is 10. The fourth-order valence-electron chi connectivity index (χ4n) is 3.25. The van der Waals surface area contributed by atoms with E-state index < -0.39 is 41.9 Å². The minimum Gasteiger partial charge on any atom is -0.295 e. The van der Waals surface area contributed by atoms with E-state index in [1.54, 1.807) is 6.92 Å². The first-order chi connectivity index (χ1) is 14.6. The van der Waals surface area contributed by atoms with Gasteiger partial charge in [-0.15, -0.1) is 0 Å². The molecule has 0 heterocycles. The molecule has 0 fully saturated rings. The average Bonchev–Trinajstić information content (AvgIpc) is 2.65. The molecule has 0 saturated heterocycles. The molecule has 0 unspecified atom stereocenters. The molecule has 2 aromatic carbocycles. The normalized spacial score (nSPS) is 13.1. The highest BCUT2D eigenvalue weighted by Gasteiger charge is 2.37. The fraction of sp³-hybridized carbons (Fsp3) is 0.429. The minimum atomic E-state index is -5.01. The van der Waals surface area contributed by atoms with Gasteiger partial charge >= 0.3 is 18.5 Å². The highest BCUT2D eigenvalue weighted by atomic mass is 19.4. The molecule has 0 spiro atoms. The summed E-state index contributed by atoms with van der Waals surface area (Å²) in [5, 5.41) is 0. The number of hydrogen-bond donors (Lipinski definition) is 0. The van der Waals surface area contributed by atoms with Crippen LogP contribution in [0.5, 0.6) is 0 Å². The molecule has 11 heteroatoms. The van der Waals surface area contributed by atoms with Crippen LogP contribution in [-0.4, -0.2) is 11.4 Å². The van der Waals surface area contributed by atoms with E-state index in [1.807, 2.05) is 0 Å². The molecule has 0 atom stereocenters. The van der Waals surface area contributed by atoms with Gasteiger partial charge in [-0.3, -0.25) is 4.90 Å². The monoisotopic (exact) mass is 475 g/mol. The third-order valence-electron chi connectivity index (χ3n) is 4.53. The van der Waals surface area contributed by atoms with Crippen molar-refractivity contribution in [2.24, 2.45) is 0 Å². The van der Waals surface area contributed by atoms with Crippen molar-refractivity contribution < 1.29 is 43.9 Å². The Morgan fingerprint density at radius 1 is 0.594 bits per heavy atom. The van der Waals surface area contributed by atoms with Crippen LogP contribution >= 0.6 is 0 Å². The van der Waals surface area contributed by atoms with Crippen molar-refractivity contribution in [2.45, 2.75) is 51.6 Å². The van der Waals surface area contributed by atoms with Gasteiger partial charge in [0.15, 0.2) is 0 Å². The molecule has 0 aliphatic carbocycles. The maximum Gasteiger partial charge on any atom is 0.416 e. The third kappa shape index (κ3) is 7.11. The Bertz CT molecular complexity index is 880. The Labute approximate surface area is 177 Å². The second-order valence-electron chi connectivity index (χ2n) is 7.29. The number of benzene rings is 2. The SMILES string of the molecule is CCCN(Cc1cc(CF)cc(C(F)(F)F)c1)Cc1cc(C(F)(F)F)cc(C(F)(F)F)c1. The van der Waals surface area contributed by atoms with Crippen LogP contribution < -0.4 is 0 Å². The fourth-order valence-corrected chi connectivity index (χ4v) is 3.25. The van der Waals surface area contributed by atoms with Crippen LogP contribution in [0.25, 0.3) is 0 Å². The van der Waals surface area contributed by atoms with Gasteiger partial charge in [0.25, 0.3) is 0 Å². The first-order valence-corrected chi connectivity index (χ1v) is 9.40.